The maximum atomic E-state index is 11.8. The normalized spacial score (nSPS) is 17.8. The predicted molar refractivity (Wildman–Crippen MR) is 75.5 cm³/mol. The van der Waals surface area contributed by atoms with E-state index in [1.54, 1.807) is 13.8 Å². The van der Waals surface area contributed by atoms with Crippen LogP contribution in [0, 0.1) is 5.41 Å². The third kappa shape index (κ3) is 6.05. The Bertz CT molecular complexity index is 308. The van der Waals surface area contributed by atoms with Crippen LogP contribution in [0.5, 0.6) is 0 Å². The highest BCUT2D eigenvalue weighted by Crippen LogP contribution is 2.17. The Balaban J connectivity index is 2.22. The molecule has 1 fully saturated rings. The largest absolute Gasteiger partial charge is 0.369 e. The number of hydrogen-bond donors (Lipinski definition) is 3. The molecule has 0 aromatic rings. The van der Waals surface area contributed by atoms with Crippen molar-refractivity contribution in [2.24, 2.45) is 11.1 Å². The molecular weight excluding hydrogens is 242 g/mol. The lowest BCUT2D eigenvalue weighted by Crippen LogP contribution is -2.45. The van der Waals surface area contributed by atoms with Crippen LogP contribution in [0.15, 0.2) is 0 Å². The second-order valence-corrected chi connectivity index (χ2v) is 6.11. The fourth-order valence-electron chi connectivity index (χ4n) is 2.28. The molecule has 0 saturated heterocycles. The summed E-state index contributed by atoms with van der Waals surface area (Å²) < 4.78 is 0. The van der Waals surface area contributed by atoms with Crippen LogP contribution in [0.25, 0.3) is 0 Å². The summed E-state index contributed by atoms with van der Waals surface area (Å²) in [6.45, 7) is 4.20. The summed E-state index contributed by atoms with van der Waals surface area (Å²) in [5.74, 6) is -0.351. The summed E-state index contributed by atoms with van der Waals surface area (Å²) in [7, 11) is 0. The van der Waals surface area contributed by atoms with Crippen molar-refractivity contribution in [2.45, 2.75) is 58.4 Å². The summed E-state index contributed by atoms with van der Waals surface area (Å²) >= 11 is 0. The molecule has 1 saturated carbocycles. The first kappa shape index (κ1) is 16.0. The average Bonchev–Trinajstić information content (AvgIpc) is 2.57. The molecule has 19 heavy (non-hydrogen) atoms. The molecule has 0 unspecified atom stereocenters. The number of carbonyl (C=O) groups excluding carboxylic acids is 2. The van der Waals surface area contributed by atoms with E-state index in [-0.39, 0.29) is 18.4 Å². The first-order valence-corrected chi connectivity index (χ1v) is 7.22. The lowest BCUT2D eigenvalue weighted by molar-refractivity contribution is -0.126. The molecule has 0 aromatic carbocycles. The summed E-state index contributed by atoms with van der Waals surface area (Å²) in [6, 6.07) is 0.320. The molecule has 0 aromatic heterocycles. The van der Waals surface area contributed by atoms with Crippen molar-refractivity contribution < 1.29 is 9.59 Å². The molecule has 5 heteroatoms. The van der Waals surface area contributed by atoms with Gasteiger partial charge in [0.2, 0.25) is 11.8 Å². The van der Waals surface area contributed by atoms with E-state index in [1.807, 2.05) is 0 Å². The fourth-order valence-corrected chi connectivity index (χ4v) is 2.28. The van der Waals surface area contributed by atoms with Crippen molar-refractivity contribution >= 4 is 11.8 Å². The SMILES string of the molecule is CC(C)(CNCC(=O)NC1CCCCCC1)C(N)=O. The maximum absolute atomic E-state index is 11.8. The summed E-state index contributed by atoms with van der Waals surface area (Å²) in [5.41, 5.74) is 4.65. The van der Waals surface area contributed by atoms with Gasteiger partial charge in [-0.25, -0.2) is 0 Å². The first-order chi connectivity index (χ1) is 8.92. The Labute approximate surface area is 115 Å². The van der Waals surface area contributed by atoms with Crippen LogP contribution >= 0.6 is 0 Å². The highest BCUT2D eigenvalue weighted by molar-refractivity contribution is 5.81. The van der Waals surface area contributed by atoms with Gasteiger partial charge in [0.1, 0.15) is 0 Å². The Hall–Kier alpha value is -1.10. The number of nitrogens with two attached hydrogens (primary N) is 1. The molecule has 0 radical (unpaired) electrons. The molecule has 4 N–H and O–H groups in total. The molecule has 1 aliphatic rings. The third-order valence-electron chi connectivity index (χ3n) is 3.74. The quantitative estimate of drug-likeness (QED) is 0.627. The molecule has 5 nitrogen and oxygen atoms in total. The minimum absolute atomic E-state index is 0.00664. The molecule has 2 amide bonds. The van der Waals surface area contributed by atoms with Gasteiger partial charge >= 0.3 is 0 Å². The van der Waals surface area contributed by atoms with Crippen LogP contribution < -0.4 is 16.4 Å². The standard InChI is InChI=1S/C14H27N3O2/c1-14(2,13(15)19)10-16-9-12(18)17-11-7-5-3-4-6-8-11/h11,16H,3-10H2,1-2H3,(H2,15,19)(H,17,18). The van der Waals surface area contributed by atoms with Gasteiger partial charge in [-0.1, -0.05) is 25.7 Å². The second kappa shape index (κ2) is 7.48. The molecular formula is C14H27N3O2. The number of amides is 2. The number of rotatable bonds is 6. The van der Waals surface area contributed by atoms with Gasteiger partial charge in [0.25, 0.3) is 0 Å². The molecule has 1 aliphatic carbocycles. The molecule has 0 spiro atoms. The van der Waals surface area contributed by atoms with Crippen molar-refractivity contribution in [3.05, 3.63) is 0 Å². The monoisotopic (exact) mass is 269 g/mol. The lowest BCUT2D eigenvalue weighted by Gasteiger charge is -2.21. The smallest absolute Gasteiger partial charge is 0.234 e. The molecule has 0 heterocycles. The average molecular weight is 269 g/mol. The van der Waals surface area contributed by atoms with E-state index in [4.69, 9.17) is 5.73 Å². The van der Waals surface area contributed by atoms with Gasteiger partial charge in [0.05, 0.1) is 12.0 Å². The van der Waals surface area contributed by atoms with Gasteiger partial charge in [-0.05, 0) is 26.7 Å². The highest BCUT2D eigenvalue weighted by atomic mass is 16.2. The van der Waals surface area contributed by atoms with E-state index >= 15 is 0 Å². The van der Waals surface area contributed by atoms with E-state index in [0.717, 1.165) is 12.8 Å². The summed E-state index contributed by atoms with van der Waals surface area (Å²) in [4.78, 5) is 22.9. The van der Waals surface area contributed by atoms with Crippen LogP contribution in [-0.2, 0) is 9.59 Å². The molecule has 1 rings (SSSR count). The number of primary amides is 1. The van der Waals surface area contributed by atoms with E-state index in [1.165, 1.54) is 25.7 Å². The minimum atomic E-state index is -0.622. The zero-order chi connectivity index (χ0) is 14.3. The Kier molecular flexibility index (Phi) is 6.28. The molecule has 110 valence electrons. The Morgan fingerprint density at radius 2 is 1.74 bits per heavy atom. The van der Waals surface area contributed by atoms with Crippen molar-refractivity contribution in [3.63, 3.8) is 0 Å². The van der Waals surface area contributed by atoms with Crippen molar-refractivity contribution in [2.75, 3.05) is 13.1 Å². The van der Waals surface area contributed by atoms with E-state index < -0.39 is 5.41 Å². The zero-order valence-corrected chi connectivity index (χ0v) is 12.1. The topological polar surface area (TPSA) is 84.2 Å². The lowest BCUT2D eigenvalue weighted by atomic mass is 9.93. The van der Waals surface area contributed by atoms with Crippen LogP contribution in [0.3, 0.4) is 0 Å². The van der Waals surface area contributed by atoms with Crippen molar-refractivity contribution in [1.29, 1.82) is 0 Å². The summed E-state index contributed by atoms with van der Waals surface area (Å²) in [6.07, 6.45) is 7.12. The van der Waals surface area contributed by atoms with Crippen LogP contribution in [0.2, 0.25) is 0 Å². The zero-order valence-electron chi connectivity index (χ0n) is 12.1. The van der Waals surface area contributed by atoms with Crippen molar-refractivity contribution in [3.8, 4) is 0 Å². The highest BCUT2D eigenvalue weighted by Gasteiger charge is 2.24. The molecule has 0 atom stereocenters. The van der Waals surface area contributed by atoms with E-state index in [9.17, 15) is 9.59 Å². The van der Waals surface area contributed by atoms with Crippen LogP contribution in [0.1, 0.15) is 52.4 Å². The predicted octanol–water partition coefficient (Wildman–Crippen LogP) is 0.927. The van der Waals surface area contributed by atoms with E-state index in [2.05, 4.69) is 10.6 Å². The van der Waals surface area contributed by atoms with Gasteiger partial charge in [0, 0.05) is 12.6 Å². The maximum Gasteiger partial charge on any atom is 0.234 e. The minimum Gasteiger partial charge on any atom is -0.369 e. The van der Waals surface area contributed by atoms with Crippen molar-refractivity contribution in [1.82, 2.24) is 10.6 Å². The molecule has 0 aliphatic heterocycles. The van der Waals surface area contributed by atoms with Crippen LogP contribution in [-0.4, -0.2) is 30.9 Å². The van der Waals surface area contributed by atoms with Gasteiger partial charge in [-0.2, -0.15) is 0 Å². The second-order valence-electron chi connectivity index (χ2n) is 6.11. The Morgan fingerprint density at radius 1 is 1.16 bits per heavy atom. The number of nitrogens with one attached hydrogen (secondary N) is 2. The van der Waals surface area contributed by atoms with Gasteiger partial charge in [0.15, 0.2) is 0 Å². The number of carbonyl (C=O) groups is 2. The first-order valence-electron chi connectivity index (χ1n) is 7.22. The van der Waals surface area contributed by atoms with Gasteiger partial charge in [-0.15, -0.1) is 0 Å². The van der Waals surface area contributed by atoms with Gasteiger partial charge < -0.3 is 16.4 Å². The third-order valence-corrected chi connectivity index (χ3v) is 3.74. The van der Waals surface area contributed by atoms with E-state index in [0.29, 0.717) is 12.6 Å². The summed E-state index contributed by atoms with van der Waals surface area (Å²) in [5, 5.41) is 6.06. The van der Waals surface area contributed by atoms with Crippen LogP contribution in [0.4, 0.5) is 0 Å². The Morgan fingerprint density at radius 3 is 2.26 bits per heavy atom. The molecule has 0 bridgehead atoms. The number of hydrogen-bond acceptors (Lipinski definition) is 3. The van der Waals surface area contributed by atoms with Gasteiger partial charge in [-0.3, -0.25) is 9.59 Å². The fraction of sp³-hybridized carbons (Fsp3) is 0.857.